The summed E-state index contributed by atoms with van der Waals surface area (Å²) < 4.78 is 19.6. The molecule has 0 aliphatic rings. The molecule has 1 N–H and O–H groups in total. The molecular weight excluding hydrogens is 383 g/mol. The molecule has 0 fully saturated rings. The van der Waals surface area contributed by atoms with Crippen LogP contribution in [0.25, 0.3) is 0 Å². The van der Waals surface area contributed by atoms with Gasteiger partial charge in [-0.3, -0.25) is 14.7 Å². The molecule has 0 saturated carbocycles. The minimum absolute atomic E-state index is 0.201. The summed E-state index contributed by atoms with van der Waals surface area (Å²) in [7, 11) is 0. The van der Waals surface area contributed by atoms with Gasteiger partial charge in [0.1, 0.15) is 12.1 Å². The Bertz CT molecular complexity index is 945. The zero-order chi connectivity index (χ0) is 21.3. The van der Waals surface area contributed by atoms with Gasteiger partial charge in [-0.15, -0.1) is 0 Å². The maximum atomic E-state index is 14.1. The monoisotopic (exact) mass is 410 g/mol. The van der Waals surface area contributed by atoms with Gasteiger partial charge in [0.2, 0.25) is 5.89 Å². The highest BCUT2D eigenvalue weighted by atomic mass is 19.1. The van der Waals surface area contributed by atoms with Crippen LogP contribution in [0.5, 0.6) is 0 Å². The van der Waals surface area contributed by atoms with Gasteiger partial charge >= 0.3 is 0 Å². The number of halogens is 1. The van der Waals surface area contributed by atoms with E-state index in [4.69, 9.17) is 4.42 Å². The molecule has 0 spiro atoms. The van der Waals surface area contributed by atoms with Crippen molar-refractivity contribution in [2.45, 2.75) is 45.8 Å². The van der Waals surface area contributed by atoms with Gasteiger partial charge in [0.25, 0.3) is 5.91 Å². The molecule has 7 heteroatoms. The van der Waals surface area contributed by atoms with E-state index < -0.39 is 0 Å². The largest absolute Gasteiger partial charge is 0.447 e. The van der Waals surface area contributed by atoms with E-state index in [1.54, 1.807) is 18.3 Å². The van der Waals surface area contributed by atoms with Crippen molar-refractivity contribution in [3.8, 4) is 0 Å². The van der Waals surface area contributed by atoms with Gasteiger partial charge in [-0.1, -0.05) is 31.2 Å². The predicted molar refractivity (Wildman–Crippen MR) is 112 cm³/mol. The topological polar surface area (TPSA) is 71.3 Å². The Morgan fingerprint density at radius 2 is 2.00 bits per heavy atom. The summed E-state index contributed by atoms with van der Waals surface area (Å²) in [6, 6.07) is 12.6. The van der Waals surface area contributed by atoms with E-state index in [9.17, 15) is 9.18 Å². The third-order valence-electron chi connectivity index (χ3n) is 5.06. The van der Waals surface area contributed by atoms with Crippen LogP contribution in [0.3, 0.4) is 0 Å². The molecule has 3 rings (SSSR count). The van der Waals surface area contributed by atoms with Crippen molar-refractivity contribution in [3.05, 3.63) is 83.6 Å². The average Bonchev–Trinajstić information content (AvgIpc) is 3.23. The first-order valence-electron chi connectivity index (χ1n) is 10.2. The standard InChI is InChI=1S/C23H27FN4O2/c1-3-17(2)28(14-18-8-4-5-10-20(18)24)15-22-27-21(16-30-22)23(29)26-13-11-19-9-6-7-12-25-19/h4-10,12,16-17H,3,11,13-15H2,1-2H3,(H,26,29). The second-order valence-corrected chi connectivity index (χ2v) is 7.21. The molecule has 0 bridgehead atoms. The third kappa shape index (κ3) is 5.97. The third-order valence-corrected chi connectivity index (χ3v) is 5.06. The van der Waals surface area contributed by atoms with E-state index in [0.29, 0.717) is 37.5 Å². The van der Waals surface area contributed by atoms with Crippen molar-refractivity contribution < 1.29 is 13.6 Å². The number of hydrogen-bond donors (Lipinski definition) is 1. The van der Waals surface area contributed by atoms with Crippen LogP contribution in [0.1, 0.15) is 47.9 Å². The Hall–Kier alpha value is -3.06. The smallest absolute Gasteiger partial charge is 0.273 e. The summed E-state index contributed by atoms with van der Waals surface area (Å²) in [5, 5.41) is 2.83. The number of aromatic nitrogens is 2. The number of benzene rings is 1. The lowest BCUT2D eigenvalue weighted by Crippen LogP contribution is -2.32. The number of rotatable bonds is 10. The van der Waals surface area contributed by atoms with Crippen molar-refractivity contribution >= 4 is 5.91 Å². The van der Waals surface area contributed by atoms with Crippen LogP contribution >= 0.6 is 0 Å². The Balaban J connectivity index is 1.58. The summed E-state index contributed by atoms with van der Waals surface area (Å²) in [5.74, 6) is -0.0854. The maximum absolute atomic E-state index is 14.1. The van der Waals surface area contributed by atoms with Gasteiger partial charge in [0.15, 0.2) is 5.69 Å². The highest BCUT2D eigenvalue weighted by Gasteiger charge is 2.19. The lowest BCUT2D eigenvalue weighted by atomic mass is 10.1. The molecule has 0 saturated heterocycles. The minimum Gasteiger partial charge on any atom is -0.447 e. The number of nitrogens with zero attached hydrogens (tertiary/aromatic N) is 3. The van der Waals surface area contributed by atoms with Gasteiger partial charge in [0, 0.05) is 43.0 Å². The van der Waals surface area contributed by atoms with Crippen LogP contribution in [0.15, 0.2) is 59.3 Å². The highest BCUT2D eigenvalue weighted by molar-refractivity contribution is 5.91. The van der Waals surface area contributed by atoms with Crippen molar-refractivity contribution in [3.63, 3.8) is 0 Å². The summed E-state index contributed by atoms with van der Waals surface area (Å²) in [5.41, 5.74) is 1.77. The van der Waals surface area contributed by atoms with Crippen LogP contribution in [0, 0.1) is 5.82 Å². The van der Waals surface area contributed by atoms with E-state index in [1.807, 2.05) is 24.3 Å². The maximum Gasteiger partial charge on any atom is 0.273 e. The SMILES string of the molecule is CCC(C)N(Cc1nc(C(=O)NCCc2ccccn2)co1)Cc1ccccc1F. The van der Waals surface area contributed by atoms with Crippen molar-refractivity contribution in [1.29, 1.82) is 0 Å². The lowest BCUT2D eigenvalue weighted by molar-refractivity contribution is 0.0949. The molecule has 2 aromatic heterocycles. The van der Waals surface area contributed by atoms with Gasteiger partial charge in [-0.05, 0) is 31.5 Å². The van der Waals surface area contributed by atoms with Crippen LogP contribution in [0.2, 0.25) is 0 Å². The van der Waals surface area contributed by atoms with Gasteiger partial charge in [-0.25, -0.2) is 9.37 Å². The Labute approximate surface area is 176 Å². The summed E-state index contributed by atoms with van der Waals surface area (Å²) in [6.45, 7) is 5.45. The minimum atomic E-state index is -0.287. The number of nitrogens with one attached hydrogen (secondary N) is 1. The van der Waals surface area contributed by atoms with Crippen LogP contribution in [-0.2, 0) is 19.5 Å². The quantitative estimate of drug-likeness (QED) is 0.547. The molecular formula is C23H27FN4O2. The lowest BCUT2D eigenvalue weighted by Gasteiger charge is -2.27. The van der Waals surface area contributed by atoms with Crippen LogP contribution in [-0.4, -0.2) is 33.4 Å². The number of amides is 1. The number of carbonyl (C=O) groups is 1. The molecule has 0 aliphatic heterocycles. The van der Waals surface area contributed by atoms with Crippen molar-refractivity contribution in [2.75, 3.05) is 6.54 Å². The van der Waals surface area contributed by atoms with Gasteiger partial charge in [-0.2, -0.15) is 0 Å². The first-order chi connectivity index (χ1) is 14.6. The van der Waals surface area contributed by atoms with Crippen molar-refractivity contribution in [2.24, 2.45) is 0 Å². The molecule has 0 radical (unpaired) electrons. The molecule has 0 aliphatic carbocycles. The summed E-state index contributed by atoms with van der Waals surface area (Å²) in [4.78, 5) is 23.0. The molecule has 3 aromatic rings. The Morgan fingerprint density at radius 1 is 1.20 bits per heavy atom. The first kappa shape index (κ1) is 21.6. The zero-order valence-electron chi connectivity index (χ0n) is 17.3. The zero-order valence-corrected chi connectivity index (χ0v) is 17.3. The van der Waals surface area contributed by atoms with E-state index in [0.717, 1.165) is 12.1 Å². The average molecular weight is 410 g/mol. The fourth-order valence-electron chi connectivity index (χ4n) is 3.07. The van der Waals surface area contributed by atoms with Gasteiger partial charge in [0.05, 0.1) is 6.54 Å². The normalized spacial score (nSPS) is 12.1. The summed E-state index contributed by atoms with van der Waals surface area (Å²) in [6.07, 6.45) is 4.63. The molecule has 1 unspecified atom stereocenters. The molecule has 1 amide bonds. The van der Waals surface area contributed by atoms with Crippen LogP contribution < -0.4 is 5.32 Å². The number of pyridine rings is 1. The summed E-state index contributed by atoms with van der Waals surface area (Å²) >= 11 is 0. The first-order valence-corrected chi connectivity index (χ1v) is 10.2. The van der Waals surface area contributed by atoms with Crippen LogP contribution in [0.4, 0.5) is 4.39 Å². The predicted octanol–water partition coefficient (Wildman–Crippen LogP) is 3.98. The number of oxazole rings is 1. The highest BCUT2D eigenvalue weighted by Crippen LogP contribution is 2.17. The van der Waals surface area contributed by atoms with E-state index in [2.05, 4.69) is 34.0 Å². The van der Waals surface area contributed by atoms with E-state index in [-0.39, 0.29) is 23.5 Å². The second kappa shape index (κ2) is 10.6. The van der Waals surface area contributed by atoms with E-state index >= 15 is 0 Å². The molecule has 1 atom stereocenters. The molecule has 6 nitrogen and oxygen atoms in total. The van der Waals surface area contributed by atoms with E-state index in [1.165, 1.54) is 12.3 Å². The van der Waals surface area contributed by atoms with Gasteiger partial charge < -0.3 is 9.73 Å². The fraction of sp³-hybridized carbons (Fsp3) is 0.348. The number of carbonyl (C=O) groups excluding carboxylic acids is 1. The Kier molecular flexibility index (Phi) is 7.68. The molecule has 158 valence electrons. The molecule has 1 aromatic carbocycles. The molecule has 30 heavy (non-hydrogen) atoms. The number of hydrogen-bond acceptors (Lipinski definition) is 5. The molecule has 2 heterocycles. The second-order valence-electron chi connectivity index (χ2n) is 7.21. The Morgan fingerprint density at radius 3 is 2.73 bits per heavy atom. The fourth-order valence-corrected chi connectivity index (χ4v) is 3.07. The van der Waals surface area contributed by atoms with Crippen molar-refractivity contribution in [1.82, 2.24) is 20.2 Å².